The van der Waals surface area contributed by atoms with E-state index < -0.39 is 5.97 Å². The Morgan fingerprint density at radius 2 is 2.23 bits per heavy atom. The van der Waals surface area contributed by atoms with Gasteiger partial charge in [-0.05, 0) is 18.9 Å². The first kappa shape index (κ1) is 8.44. The van der Waals surface area contributed by atoms with E-state index >= 15 is 0 Å². The number of cyclic esters (lactones) is 1. The minimum Gasteiger partial charge on any atom is -0.454 e. The van der Waals surface area contributed by atoms with E-state index in [1.54, 1.807) is 0 Å². The molecular weight excluding hydrogens is 172 g/mol. The van der Waals surface area contributed by atoms with E-state index in [1.165, 1.54) is 6.08 Å². The lowest BCUT2D eigenvalue weighted by Gasteiger charge is -2.16. The van der Waals surface area contributed by atoms with Gasteiger partial charge in [0.25, 0.3) is 0 Å². The summed E-state index contributed by atoms with van der Waals surface area (Å²) in [6, 6.07) is 0. The molecule has 0 N–H and O–H groups in total. The van der Waals surface area contributed by atoms with Gasteiger partial charge < -0.3 is 9.47 Å². The van der Waals surface area contributed by atoms with Gasteiger partial charge in [0.15, 0.2) is 12.4 Å². The van der Waals surface area contributed by atoms with Crippen LogP contribution in [0.2, 0.25) is 0 Å². The fourth-order valence-electron chi connectivity index (χ4n) is 1.54. The number of hydrogen-bond donors (Lipinski definition) is 0. The molecule has 0 amide bonds. The van der Waals surface area contributed by atoms with E-state index in [0.717, 1.165) is 12.8 Å². The van der Waals surface area contributed by atoms with Gasteiger partial charge in [-0.25, -0.2) is 4.79 Å². The number of rotatable bonds is 1. The third-order valence-corrected chi connectivity index (χ3v) is 2.17. The summed E-state index contributed by atoms with van der Waals surface area (Å²) in [6.07, 6.45) is 2.86. The van der Waals surface area contributed by atoms with Gasteiger partial charge in [0.05, 0.1) is 11.7 Å². The van der Waals surface area contributed by atoms with Crippen molar-refractivity contribution in [2.75, 3.05) is 13.2 Å². The minimum absolute atomic E-state index is 0.130. The Morgan fingerprint density at radius 1 is 1.38 bits per heavy atom. The van der Waals surface area contributed by atoms with Gasteiger partial charge in [-0.2, -0.15) is 0 Å². The summed E-state index contributed by atoms with van der Waals surface area (Å²) < 4.78 is 9.97. The van der Waals surface area contributed by atoms with Crippen molar-refractivity contribution in [1.82, 2.24) is 0 Å². The highest BCUT2D eigenvalue weighted by Gasteiger charge is 2.30. The molecule has 70 valence electrons. The van der Waals surface area contributed by atoms with Crippen molar-refractivity contribution in [3.05, 3.63) is 11.6 Å². The first-order valence-corrected chi connectivity index (χ1v) is 4.30. The number of ether oxygens (including phenoxy) is 2. The van der Waals surface area contributed by atoms with Crippen LogP contribution in [0.5, 0.6) is 0 Å². The van der Waals surface area contributed by atoms with Crippen molar-refractivity contribution in [3.8, 4) is 0 Å². The van der Waals surface area contributed by atoms with Crippen molar-refractivity contribution >= 4 is 11.8 Å². The topological polar surface area (TPSA) is 52.6 Å². The summed E-state index contributed by atoms with van der Waals surface area (Å²) in [5.74, 6) is -0.573. The van der Waals surface area contributed by atoms with Gasteiger partial charge in [0.2, 0.25) is 0 Å². The average molecular weight is 182 g/mol. The van der Waals surface area contributed by atoms with Crippen LogP contribution in [0.4, 0.5) is 0 Å². The minimum atomic E-state index is -0.411. The molecule has 0 saturated carbocycles. The zero-order valence-electron chi connectivity index (χ0n) is 7.12. The van der Waals surface area contributed by atoms with E-state index in [2.05, 4.69) is 4.74 Å². The normalized spacial score (nSPS) is 28.6. The van der Waals surface area contributed by atoms with Crippen LogP contribution >= 0.6 is 0 Å². The third-order valence-electron chi connectivity index (χ3n) is 2.17. The molecule has 0 aromatic carbocycles. The predicted octanol–water partition coefficient (Wildman–Crippen LogP) is 0.218. The fourth-order valence-corrected chi connectivity index (χ4v) is 1.54. The highest BCUT2D eigenvalue weighted by atomic mass is 16.5. The zero-order valence-corrected chi connectivity index (χ0v) is 7.12. The SMILES string of the molecule is O=C1C=C(C2CCCO2)C(=O)OC1. The Kier molecular flexibility index (Phi) is 2.14. The number of hydrogen-bond acceptors (Lipinski definition) is 4. The molecule has 0 bridgehead atoms. The van der Waals surface area contributed by atoms with Crippen molar-refractivity contribution in [2.24, 2.45) is 0 Å². The molecule has 13 heavy (non-hydrogen) atoms. The molecular formula is C9H10O4. The Labute approximate surface area is 75.5 Å². The Bertz CT molecular complexity index is 273. The lowest BCUT2D eigenvalue weighted by Crippen LogP contribution is -2.27. The predicted molar refractivity (Wildman–Crippen MR) is 43.0 cm³/mol. The van der Waals surface area contributed by atoms with Crippen LogP contribution in [0.1, 0.15) is 12.8 Å². The summed E-state index contributed by atoms with van der Waals surface area (Å²) in [5, 5.41) is 0. The number of carbonyl (C=O) groups is 2. The quantitative estimate of drug-likeness (QED) is 0.544. The monoisotopic (exact) mass is 182 g/mol. The van der Waals surface area contributed by atoms with E-state index in [-0.39, 0.29) is 18.5 Å². The standard InChI is InChI=1S/C9H10O4/c10-6-4-7(9(11)13-5-6)8-2-1-3-12-8/h4,8H,1-3,5H2. The van der Waals surface area contributed by atoms with Crippen molar-refractivity contribution in [1.29, 1.82) is 0 Å². The van der Waals surface area contributed by atoms with E-state index in [1.807, 2.05) is 0 Å². The van der Waals surface area contributed by atoms with Crippen LogP contribution in [0.15, 0.2) is 11.6 Å². The van der Waals surface area contributed by atoms with E-state index in [0.29, 0.717) is 12.2 Å². The second-order valence-electron chi connectivity index (χ2n) is 3.14. The molecule has 1 atom stereocenters. The van der Waals surface area contributed by atoms with Crippen LogP contribution in [0.3, 0.4) is 0 Å². The zero-order chi connectivity index (χ0) is 9.26. The lowest BCUT2D eigenvalue weighted by molar-refractivity contribution is -0.145. The number of esters is 1. The second kappa shape index (κ2) is 3.30. The largest absolute Gasteiger partial charge is 0.454 e. The Hall–Kier alpha value is -1.16. The highest BCUT2D eigenvalue weighted by molar-refractivity contribution is 6.04. The van der Waals surface area contributed by atoms with E-state index in [4.69, 9.17) is 4.74 Å². The molecule has 1 fully saturated rings. The first-order valence-electron chi connectivity index (χ1n) is 4.30. The maximum Gasteiger partial charge on any atom is 0.337 e. The first-order chi connectivity index (χ1) is 6.27. The molecule has 2 aliphatic rings. The Morgan fingerprint density at radius 3 is 2.92 bits per heavy atom. The molecule has 4 nitrogen and oxygen atoms in total. The van der Waals surface area contributed by atoms with Gasteiger partial charge >= 0.3 is 5.97 Å². The molecule has 2 heterocycles. The van der Waals surface area contributed by atoms with Crippen LogP contribution in [-0.2, 0) is 19.1 Å². The van der Waals surface area contributed by atoms with Crippen LogP contribution in [-0.4, -0.2) is 31.1 Å². The maximum absolute atomic E-state index is 11.2. The molecule has 0 radical (unpaired) electrons. The van der Waals surface area contributed by atoms with Gasteiger partial charge in [-0.1, -0.05) is 0 Å². The molecule has 2 aliphatic heterocycles. The van der Waals surface area contributed by atoms with Crippen LogP contribution < -0.4 is 0 Å². The van der Waals surface area contributed by atoms with Crippen molar-refractivity contribution in [3.63, 3.8) is 0 Å². The summed E-state index contributed by atoms with van der Waals surface area (Å²) in [4.78, 5) is 22.2. The fraction of sp³-hybridized carbons (Fsp3) is 0.556. The summed E-state index contributed by atoms with van der Waals surface area (Å²) in [5.41, 5.74) is 0.383. The average Bonchev–Trinajstić information content (AvgIpc) is 2.61. The second-order valence-corrected chi connectivity index (χ2v) is 3.14. The van der Waals surface area contributed by atoms with Gasteiger partial charge in [-0.3, -0.25) is 4.79 Å². The molecule has 1 saturated heterocycles. The van der Waals surface area contributed by atoms with E-state index in [9.17, 15) is 9.59 Å². The van der Waals surface area contributed by atoms with Gasteiger partial charge in [0.1, 0.15) is 0 Å². The number of ketones is 1. The Balaban J connectivity index is 2.18. The smallest absolute Gasteiger partial charge is 0.337 e. The molecule has 0 aliphatic carbocycles. The number of carbonyl (C=O) groups excluding carboxylic acids is 2. The van der Waals surface area contributed by atoms with Crippen LogP contribution in [0.25, 0.3) is 0 Å². The highest BCUT2D eigenvalue weighted by Crippen LogP contribution is 2.22. The maximum atomic E-state index is 11.2. The molecule has 0 spiro atoms. The lowest BCUT2D eigenvalue weighted by atomic mass is 10.0. The van der Waals surface area contributed by atoms with Crippen molar-refractivity contribution < 1.29 is 19.1 Å². The molecule has 2 rings (SSSR count). The molecule has 1 unspecified atom stereocenters. The molecule has 4 heteroatoms. The third kappa shape index (κ3) is 1.62. The van der Waals surface area contributed by atoms with Gasteiger partial charge in [-0.15, -0.1) is 0 Å². The molecule has 0 aromatic heterocycles. The van der Waals surface area contributed by atoms with Crippen LogP contribution in [0, 0.1) is 0 Å². The molecule has 0 aromatic rings. The van der Waals surface area contributed by atoms with Crippen molar-refractivity contribution in [2.45, 2.75) is 18.9 Å². The summed E-state index contributed by atoms with van der Waals surface area (Å²) >= 11 is 0. The van der Waals surface area contributed by atoms with Gasteiger partial charge in [0, 0.05) is 6.61 Å². The summed E-state index contributed by atoms with van der Waals surface area (Å²) in [6.45, 7) is 0.526. The summed E-state index contributed by atoms with van der Waals surface area (Å²) in [7, 11) is 0.